The lowest BCUT2D eigenvalue weighted by Gasteiger charge is -2.42. The van der Waals surface area contributed by atoms with Crippen LogP contribution in [0.25, 0.3) is 0 Å². The van der Waals surface area contributed by atoms with E-state index in [1.807, 2.05) is 6.92 Å². The van der Waals surface area contributed by atoms with Crippen molar-refractivity contribution in [1.82, 2.24) is 4.90 Å². The molecule has 0 bridgehead atoms. The van der Waals surface area contributed by atoms with E-state index in [9.17, 15) is 19.8 Å². The Balaban J connectivity index is 2.22. The van der Waals surface area contributed by atoms with Gasteiger partial charge in [0.2, 0.25) is 5.91 Å². The van der Waals surface area contributed by atoms with E-state index in [1.165, 1.54) is 16.7 Å². The van der Waals surface area contributed by atoms with Crippen LogP contribution in [0.1, 0.15) is 26.7 Å². The van der Waals surface area contributed by atoms with Crippen molar-refractivity contribution in [3.63, 3.8) is 0 Å². The molecule has 6 nitrogen and oxygen atoms in total. The maximum Gasteiger partial charge on any atom is 0.323 e. The molecule has 2 aliphatic heterocycles. The fourth-order valence-corrected chi connectivity index (χ4v) is 4.67. The first-order valence-corrected chi connectivity index (χ1v) is 7.38. The van der Waals surface area contributed by atoms with Crippen LogP contribution < -0.4 is 5.73 Å². The first kappa shape index (κ1) is 14.6. The number of aliphatic carboxylic acids is 1. The zero-order chi connectivity index (χ0) is 14.4. The predicted molar refractivity (Wildman–Crippen MR) is 71.5 cm³/mol. The predicted octanol–water partition coefficient (Wildman–Crippen LogP) is -0.151. The molecule has 2 saturated heterocycles. The third kappa shape index (κ3) is 2.04. The van der Waals surface area contributed by atoms with Gasteiger partial charge in [-0.2, -0.15) is 0 Å². The summed E-state index contributed by atoms with van der Waals surface area (Å²) in [6, 6.07) is -0.493. The van der Waals surface area contributed by atoms with E-state index in [1.54, 1.807) is 6.92 Å². The van der Waals surface area contributed by atoms with E-state index in [0.717, 1.165) is 6.42 Å². The maximum absolute atomic E-state index is 11.9. The van der Waals surface area contributed by atoms with E-state index in [0.29, 0.717) is 6.42 Å². The maximum atomic E-state index is 11.9. The highest BCUT2D eigenvalue weighted by Crippen LogP contribution is 2.52. The Morgan fingerprint density at radius 1 is 1.68 bits per heavy atom. The number of thioether (sulfide) groups is 1. The minimum absolute atomic E-state index is 0.140. The summed E-state index contributed by atoms with van der Waals surface area (Å²) in [6.07, 6.45) is 0.649. The van der Waals surface area contributed by atoms with Crippen LogP contribution >= 0.6 is 11.8 Å². The highest BCUT2D eigenvalue weighted by molar-refractivity contribution is 8.02. The summed E-state index contributed by atoms with van der Waals surface area (Å²) in [5.74, 6) is -1.63. The molecule has 0 radical (unpaired) electrons. The number of carboxylic acids is 1. The quantitative estimate of drug-likeness (QED) is 0.608. The number of carboxylic acid groups (broad SMARTS) is 1. The number of hydrogen-bond acceptors (Lipinski definition) is 5. The number of β-lactam (4-membered cyclic amide) rings is 1. The lowest BCUT2D eigenvalue weighted by Crippen LogP contribution is -2.61. The molecule has 0 aromatic carbocycles. The molecule has 0 aliphatic carbocycles. The van der Waals surface area contributed by atoms with Gasteiger partial charge >= 0.3 is 5.97 Å². The molecule has 0 spiro atoms. The molecule has 5 atom stereocenters. The van der Waals surface area contributed by atoms with Gasteiger partial charge in [0.1, 0.15) is 4.75 Å². The second-order valence-electron chi connectivity index (χ2n) is 5.33. The van der Waals surface area contributed by atoms with Crippen molar-refractivity contribution in [2.45, 2.75) is 49.0 Å². The van der Waals surface area contributed by atoms with E-state index in [4.69, 9.17) is 5.73 Å². The van der Waals surface area contributed by atoms with Crippen LogP contribution in [0.15, 0.2) is 0 Å². The Bertz CT molecular complexity index is 403. The summed E-state index contributed by atoms with van der Waals surface area (Å²) in [5.41, 5.74) is 6.04. The Morgan fingerprint density at radius 2 is 2.32 bits per heavy atom. The highest BCUT2D eigenvalue weighted by atomic mass is 32.2. The molecular formula is C12H20N2O4S. The Morgan fingerprint density at radius 3 is 2.79 bits per heavy atom. The van der Waals surface area contributed by atoms with Crippen molar-refractivity contribution < 1.29 is 19.8 Å². The molecular weight excluding hydrogens is 268 g/mol. The molecule has 3 unspecified atom stereocenters. The van der Waals surface area contributed by atoms with Crippen molar-refractivity contribution in [3.8, 4) is 0 Å². The molecule has 2 aliphatic rings. The SMILES string of the molecule is CCCC(N)C1(C(=O)O)CN2C(=O)[C@H](C(C)O)[C@H]2S1. The van der Waals surface area contributed by atoms with Gasteiger partial charge in [0, 0.05) is 12.6 Å². The second kappa shape index (κ2) is 4.96. The Hall–Kier alpha value is -0.790. The zero-order valence-electron chi connectivity index (χ0n) is 11.1. The largest absolute Gasteiger partial charge is 0.480 e. The van der Waals surface area contributed by atoms with E-state index >= 15 is 0 Å². The first-order chi connectivity index (χ1) is 8.85. The number of aliphatic hydroxyl groups is 1. The molecule has 7 heteroatoms. The van der Waals surface area contributed by atoms with Crippen LogP contribution in [0.3, 0.4) is 0 Å². The van der Waals surface area contributed by atoms with Crippen LogP contribution in [-0.2, 0) is 9.59 Å². The molecule has 2 heterocycles. The minimum Gasteiger partial charge on any atom is -0.480 e. The Kier molecular flexibility index (Phi) is 3.81. The monoisotopic (exact) mass is 288 g/mol. The summed E-state index contributed by atoms with van der Waals surface area (Å²) in [5, 5.41) is 18.9. The summed E-state index contributed by atoms with van der Waals surface area (Å²) in [6.45, 7) is 3.65. The zero-order valence-corrected chi connectivity index (χ0v) is 11.9. The average molecular weight is 288 g/mol. The number of fused-ring (bicyclic) bond motifs is 1. The molecule has 1 amide bonds. The van der Waals surface area contributed by atoms with Crippen molar-refractivity contribution in [2.24, 2.45) is 11.7 Å². The van der Waals surface area contributed by atoms with E-state index in [2.05, 4.69) is 0 Å². The fourth-order valence-electron chi connectivity index (χ4n) is 2.83. The number of carbonyl (C=O) groups is 2. The number of carbonyl (C=O) groups excluding carboxylic acids is 1. The number of nitrogens with two attached hydrogens (primary N) is 1. The molecule has 0 aromatic rings. The third-order valence-electron chi connectivity index (χ3n) is 4.00. The number of aliphatic hydroxyl groups excluding tert-OH is 1. The van der Waals surface area contributed by atoms with E-state index < -0.39 is 28.8 Å². The van der Waals surface area contributed by atoms with Gasteiger partial charge in [0.25, 0.3) is 0 Å². The number of amides is 1. The van der Waals surface area contributed by atoms with Crippen molar-refractivity contribution in [2.75, 3.05) is 6.54 Å². The lowest BCUT2D eigenvalue weighted by atomic mass is 9.89. The number of nitrogens with zero attached hydrogens (tertiary/aromatic N) is 1. The van der Waals surface area contributed by atoms with Gasteiger partial charge in [-0.25, -0.2) is 0 Å². The third-order valence-corrected chi connectivity index (χ3v) is 5.82. The number of rotatable bonds is 5. The fraction of sp³-hybridized carbons (Fsp3) is 0.833. The molecule has 19 heavy (non-hydrogen) atoms. The smallest absolute Gasteiger partial charge is 0.323 e. The summed E-state index contributed by atoms with van der Waals surface area (Å²) < 4.78 is -1.14. The van der Waals surface area contributed by atoms with Crippen molar-refractivity contribution >= 4 is 23.6 Å². The van der Waals surface area contributed by atoms with Gasteiger partial charge in [-0.3, -0.25) is 9.59 Å². The van der Waals surface area contributed by atoms with Gasteiger partial charge in [-0.1, -0.05) is 13.3 Å². The molecule has 108 valence electrons. The lowest BCUT2D eigenvalue weighted by molar-refractivity contribution is -0.156. The average Bonchev–Trinajstić information content (AvgIpc) is 2.65. The normalized spacial score (nSPS) is 36.6. The van der Waals surface area contributed by atoms with Crippen LogP contribution in [-0.4, -0.2) is 55.8 Å². The Labute approximate surface area is 116 Å². The van der Waals surface area contributed by atoms with Crippen LogP contribution in [0, 0.1) is 5.92 Å². The van der Waals surface area contributed by atoms with Crippen LogP contribution in [0.2, 0.25) is 0 Å². The van der Waals surface area contributed by atoms with Crippen molar-refractivity contribution in [1.29, 1.82) is 0 Å². The molecule has 2 rings (SSSR count). The number of hydrogen-bond donors (Lipinski definition) is 3. The van der Waals surface area contributed by atoms with Gasteiger partial charge in [-0.15, -0.1) is 11.8 Å². The van der Waals surface area contributed by atoms with E-state index in [-0.39, 0.29) is 17.8 Å². The van der Waals surface area contributed by atoms with Gasteiger partial charge < -0.3 is 20.8 Å². The summed E-state index contributed by atoms with van der Waals surface area (Å²) in [4.78, 5) is 25.1. The van der Waals surface area contributed by atoms with Crippen LogP contribution in [0.5, 0.6) is 0 Å². The minimum atomic E-state index is -1.14. The standard InChI is InChI=1S/C12H20N2O4S/c1-3-4-7(13)12(11(17)18)5-14-9(16)8(6(2)15)10(14)19-12/h6-8,10,15H,3-5,13H2,1-2H3,(H,17,18)/t6?,7?,8-,10+,12?/m0/s1. The summed E-state index contributed by atoms with van der Waals surface area (Å²) >= 11 is 1.22. The molecule has 0 aromatic heterocycles. The summed E-state index contributed by atoms with van der Waals surface area (Å²) in [7, 11) is 0. The molecule has 0 saturated carbocycles. The van der Waals surface area contributed by atoms with Crippen LogP contribution in [0.4, 0.5) is 0 Å². The topological polar surface area (TPSA) is 104 Å². The molecule has 4 N–H and O–H groups in total. The second-order valence-corrected chi connectivity index (χ2v) is 6.78. The van der Waals surface area contributed by atoms with Gasteiger partial charge in [-0.05, 0) is 13.3 Å². The molecule has 2 fully saturated rings. The highest BCUT2D eigenvalue weighted by Gasteiger charge is 2.64. The van der Waals surface area contributed by atoms with Gasteiger partial charge in [0.05, 0.1) is 17.4 Å². The van der Waals surface area contributed by atoms with Gasteiger partial charge in [0.15, 0.2) is 0 Å². The van der Waals surface area contributed by atoms with Crippen molar-refractivity contribution in [3.05, 3.63) is 0 Å². The first-order valence-electron chi connectivity index (χ1n) is 6.50.